The Morgan fingerprint density at radius 1 is 1.03 bits per heavy atom. The first-order valence-electron chi connectivity index (χ1n) is 11.3. The molecule has 0 radical (unpaired) electrons. The van der Waals surface area contributed by atoms with Gasteiger partial charge in [-0.05, 0) is 67.9 Å². The molecule has 0 unspecified atom stereocenters. The molecule has 174 valence electrons. The van der Waals surface area contributed by atoms with Crippen molar-refractivity contribution < 1.29 is 9.47 Å². The molecular weight excluding hydrogens is 450 g/mol. The minimum Gasteiger partial charge on any atom is -0.489 e. The Hall–Kier alpha value is -3.42. The molecule has 2 aromatic heterocycles. The van der Waals surface area contributed by atoms with Gasteiger partial charge in [-0.15, -0.1) is 0 Å². The second-order valence-corrected chi connectivity index (χ2v) is 8.81. The number of hydrogen-bond acceptors (Lipinski definition) is 7. The van der Waals surface area contributed by atoms with E-state index in [9.17, 15) is 0 Å². The van der Waals surface area contributed by atoms with Gasteiger partial charge in [0, 0.05) is 31.2 Å². The maximum Gasteiger partial charge on any atom is 0.145 e. The van der Waals surface area contributed by atoms with Gasteiger partial charge in [0.2, 0.25) is 0 Å². The van der Waals surface area contributed by atoms with Crippen molar-refractivity contribution in [2.75, 3.05) is 25.5 Å². The Morgan fingerprint density at radius 3 is 2.65 bits per heavy atom. The Morgan fingerprint density at radius 2 is 1.85 bits per heavy atom. The zero-order valence-electron chi connectivity index (χ0n) is 18.9. The lowest BCUT2D eigenvalue weighted by Crippen LogP contribution is -2.35. The number of halogens is 1. The molecule has 1 aliphatic heterocycles. The van der Waals surface area contributed by atoms with Crippen molar-refractivity contribution in [1.82, 2.24) is 19.9 Å². The number of aromatic nitrogens is 3. The average molecular weight is 476 g/mol. The van der Waals surface area contributed by atoms with Crippen LogP contribution in [0.5, 0.6) is 11.5 Å². The van der Waals surface area contributed by atoms with Crippen LogP contribution in [-0.4, -0.2) is 46.1 Å². The lowest BCUT2D eigenvalue weighted by Gasteiger charge is -2.29. The van der Waals surface area contributed by atoms with Crippen LogP contribution >= 0.6 is 11.6 Å². The highest BCUT2D eigenvalue weighted by Gasteiger charge is 2.20. The summed E-state index contributed by atoms with van der Waals surface area (Å²) in [6.07, 6.45) is 7.22. The predicted molar refractivity (Wildman–Crippen MR) is 134 cm³/mol. The largest absolute Gasteiger partial charge is 0.489 e. The fraction of sp³-hybridized carbons (Fsp3) is 0.269. The SMILES string of the molecule is CN1CCC(Oc2cccc3ncnc(Nc4ccc(OCc5ccncc5)c(Cl)c4)c23)CC1. The standard InChI is InChI=1S/C26H26ClN5O2/c1-32-13-9-20(10-14-32)34-24-4-2-3-22-25(24)26(30-17-29-22)31-19-5-6-23(21(27)15-19)33-16-18-7-11-28-12-8-18/h2-8,11-12,15,17,20H,9-10,13-14,16H2,1H3,(H,29,30,31). The van der Waals surface area contributed by atoms with Gasteiger partial charge in [-0.3, -0.25) is 4.98 Å². The molecule has 2 aromatic carbocycles. The van der Waals surface area contributed by atoms with E-state index < -0.39 is 0 Å². The van der Waals surface area contributed by atoms with E-state index >= 15 is 0 Å². The molecule has 4 aromatic rings. The third kappa shape index (κ3) is 5.21. The normalized spacial score (nSPS) is 14.8. The number of nitrogens with zero attached hydrogens (tertiary/aromatic N) is 4. The van der Waals surface area contributed by atoms with Gasteiger partial charge in [-0.25, -0.2) is 9.97 Å². The Kier molecular flexibility index (Phi) is 6.74. The summed E-state index contributed by atoms with van der Waals surface area (Å²) >= 11 is 6.51. The van der Waals surface area contributed by atoms with Crippen LogP contribution in [-0.2, 0) is 6.61 Å². The molecule has 1 aliphatic rings. The molecular formula is C26H26ClN5O2. The summed E-state index contributed by atoms with van der Waals surface area (Å²) in [5.41, 5.74) is 2.65. The first kappa shape index (κ1) is 22.4. The predicted octanol–water partition coefficient (Wildman–Crippen LogP) is 5.47. The molecule has 7 nitrogen and oxygen atoms in total. The first-order chi connectivity index (χ1) is 16.7. The molecule has 0 aliphatic carbocycles. The van der Waals surface area contributed by atoms with Crippen molar-refractivity contribution >= 4 is 34.0 Å². The molecule has 1 N–H and O–H groups in total. The molecule has 5 rings (SSSR count). The van der Waals surface area contributed by atoms with E-state index in [0.29, 0.717) is 23.2 Å². The number of likely N-dealkylation sites (tertiary alicyclic amines) is 1. The van der Waals surface area contributed by atoms with Gasteiger partial charge in [0.25, 0.3) is 0 Å². The number of fused-ring (bicyclic) bond motifs is 1. The molecule has 3 heterocycles. The van der Waals surface area contributed by atoms with E-state index in [1.54, 1.807) is 18.7 Å². The van der Waals surface area contributed by atoms with Gasteiger partial charge >= 0.3 is 0 Å². The van der Waals surface area contributed by atoms with E-state index in [1.807, 2.05) is 48.5 Å². The van der Waals surface area contributed by atoms with Crippen LogP contribution in [0.3, 0.4) is 0 Å². The number of pyridine rings is 1. The van der Waals surface area contributed by atoms with Gasteiger partial charge in [0.1, 0.15) is 36.4 Å². The number of nitrogens with one attached hydrogen (secondary N) is 1. The van der Waals surface area contributed by atoms with Crippen LogP contribution < -0.4 is 14.8 Å². The van der Waals surface area contributed by atoms with Gasteiger partial charge in [-0.1, -0.05) is 17.7 Å². The Labute approximate surface area is 203 Å². The first-order valence-corrected chi connectivity index (χ1v) is 11.7. The fourth-order valence-electron chi connectivity index (χ4n) is 4.03. The van der Waals surface area contributed by atoms with Crippen molar-refractivity contribution in [2.24, 2.45) is 0 Å². The van der Waals surface area contributed by atoms with Crippen molar-refractivity contribution in [3.05, 3.63) is 77.8 Å². The monoisotopic (exact) mass is 475 g/mol. The van der Waals surface area contributed by atoms with Gasteiger partial charge in [0.15, 0.2) is 0 Å². The number of hydrogen-bond donors (Lipinski definition) is 1. The zero-order chi connectivity index (χ0) is 23.3. The maximum absolute atomic E-state index is 6.51. The molecule has 0 spiro atoms. The molecule has 0 saturated carbocycles. The van der Waals surface area contributed by atoms with Crippen LogP contribution in [0.4, 0.5) is 11.5 Å². The third-order valence-electron chi connectivity index (χ3n) is 5.92. The van der Waals surface area contributed by atoms with Crippen molar-refractivity contribution in [3.63, 3.8) is 0 Å². The summed E-state index contributed by atoms with van der Waals surface area (Å²) < 4.78 is 12.3. The summed E-state index contributed by atoms with van der Waals surface area (Å²) in [6, 6.07) is 15.3. The minimum absolute atomic E-state index is 0.182. The number of ether oxygens (including phenoxy) is 2. The minimum atomic E-state index is 0.182. The number of rotatable bonds is 7. The van der Waals surface area contributed by atoms with Crippen LogP contribution in [0, 0.1) is 0 Å². The van der Waals surface area contributed by atoms with Gasteiger partial charge < -0.3 is 19.7 Å². The van der Waals surface area contributed by atoms with Crippen molar-refractivity contribution in [3.8, 4) is 11.5 Å². The highest BCUT2D eigenvalue weighted by atomic mass is 35.5. The van der Waals surface area contributed by atoms with Crippen LogP contribution in [0.25, 0.3) is 10.9 Å². The second kappa shape index (κ2) is 10.2. The summed E-state index contributed by atoms with van der Waals surface area (Å²) in [6.45, 7) is 2.49. The van der Waals surface area contributed by atoms with Crippen molar-refractivity contribution in [2.45, 2.75) is 25.6 Å². The highest BCUT2D eigenvalue weighted by molar-refractivity contribution is 6.32. The number of anilines is 2. The van der Waals surface area contributed by atoms with E-state index in [4.69, 9.17) is 21.1 Å². The third-order valence-corrected chi connectivity index (χ3v) is 6.22. The second-order valence-electron chi connectivity index (χ2n) is 8.41. The molecule has 1 saturated heterocycles. The summed E-state index contributed by atoms with van der Waals surface area (Å²) in [5, 5.41) is 4.76. The fourth-order valence-corrected chi connectivity index (χ4v) is 4.26. The topological polar surface area (TPSA) is 72.4 Å². The molecule has 0 amide bonds. The number of piperidine rings is 1. The van der Waals surface area contributed by atoms with Crippen LogP contribution in [0.1, 0.15) is 18.4 Å². The molecule has 34 heavy (non-hydrogen) atoms. The number of benzene rings is 2. The smallest absolute Gasteiger partial charge is 0.145 e. The molecule has 8 heteroatoms. The summed E-state index contributed by atoms with van der Waals surface area (Å²) in [7, 11) is 2.14. The lowest BCUT2D eigenvalue weighted by molar-refractivity contribution is 0.116. The molecule has 1 fully saturated rings. The zero-order valence-corrected chi connectivity index (χ0v) is 19.7. The van der Waals surface area contributed by atoms with E-state index in [-0.39, 0.29) is 6.10 Å². The Bertz CT molecular complexity index is 1260. The van der Waals surface area contributed by atoms with E-state index in [2.05, 4.69) is 32.2 Å². The molecule has 0 atom stereocenters. The van der Waals surface area contributed by atoms with Crippen molar-refractivity contribution in [1.29, 1.82) is 0 Å². The highest BCUT2D eigenvalue weighted by Crippen LogP contribution is 2.35. The van der Waals surface area contributed by atoms with Gasteiger partial charge in [0.05, 0.1) is 15.9 Å². The van der Waals surface area contributed by atoms with E-state index in [0.717, 1.165) is 53.8 Å². The van der Waals surface area contributed by atoms with Gasteiger partial charge in [-0.2, -0.15) is 0 Å². The quantitative estimate of drug-likeness (QED) is 0.379. The lowest BCUT2D eigenvalue weighted by atomic mass is 10.1. The summed E-state index contributed by atoms with van der Waals surface area (Å²) in [5.74, 6) is 2.08. The van der Waals surface area contributed by atoms with Crippen LogP contribution in [0.2, 0.25) is 5.02 Å². The van der Waals surface area contributed by atoms with E-state index in [1.165, 1.54) is 0 Å². The summed E-state index contributed by atoms with van der Waals surface area (Å²) in [4.78, 5) is 15.3. The molecule has 0 bridgehead atoms. The Balaban J connectivity index is 1.35. The average Bonchev–Trinajstić information content (AvgIpc) is 2.86. The maximum atomic E-state index is 6.51. The van der Waals surface area contributed by atoms with Crippen LogP contribution in [0.15, 0.2) is 67.3 Å².